The van der Waals surface area contributed by atoms with Gasteiger partial charge >= 0.3 is 0 Å². The first kappa shape index (κ1) is 13.9. The number of carbonyl (C=O) groups is 1. The van der Waals surface area contributed by atoms with E-state index in [1.807, 2.05) is 42.2 Å². The second kappa shape index (κ2) is 6.12. The molecule has 110 valence electrons. The monoisotopic (exact) mass is 283 g/mol. The highest BCUT2D eigenvalue weighted by Gasteiger charge is 2.43. The Hall–Kier alpha value is -2.10. The van der Waals surface area contributed by atoms with Gasteiger partial charge in [0.15, 0.2) is 0 Å². The second-order valence-corrected chi connectivity index (χ2v) is 5.78. The lowest BCUT2D eigenvalue weighted by molar-refractivity contribution is -0.122. The summed E-state index contributed by atoms with van der Waals surface area (Å²) in [6, 6.07) is 10.3. The maximum atomic E-state index is 12.1. The third-order valence-corrected chi connectivity index (χ3v) is 3.98. The molecule has 3 rings (SSSR count). The molecule has 0 saturated heterocycles. The molecule has 1 aliphatic carbocycles. The van der Waals surface area contributed by atoms with Crippen LogP contribution in [-0.4, -0.2) is 22.2 Å². The quantitative estimate of drug-likeness (QED) is 0.828. The Morgan fingerprint density at radius 2 is 2.19 bits per heavy atom. The number of aromatic nitrogens is 2. The van der Waals surface area contributed by atoms with Gasteiger partial charge in [-0.1, -0.05) is 30.3 Å². The number of hydrogen-bond donors (Lipinski definition) is 1. The Morgan fingerprint density at radius 3 is 2.90 bits per heavy atom. The molecule has 21 heavy (non-hydrogen) atoms. The van der Waals surface area contributed by atoms with E-state index >= 15 is 0 Å². The summed E-state index contributed by atoms with van der Waals surface area (Å²) in [7, 11) is 0. The first-order chi connectivity index (χ1) is 10.2. The van der Waals surface area contributed by atoms with Crippen molar-refractivity contribution >= 4 is 5.91 Å². The number of nitrogens with zero attached hydrogens (tertiary/aromatic N) is 2. The predicted octanol–water partition coefficient (Wildman–Crippen LogP) is 2.50. The van der Waals surface area contributed by atoms with Gasteiger partial charge in [0.25, 0.3) is 0 Å². The molecule has 1 saturated carbocycles. The normalized spacial score (nSPS) is 20.2. The van der Waals surface area contributed by atoms with Crippen molar-refractivity contribution in [2.24, 2.45) is 5.92 Å². The van der Waals surface area contributed by atoms with Gasteiger partial charge in [0.1, 0.15) is 0 Å². The van der Waals surface area contributed by atoms with Crippen LogP contribution in [0.3, 0.4) is 0 Å². The number of rotatable bonds is 6. The zero-order valence-electron chi connectivity index (χ0n) is 12.3. The number of benzene rings is 1. The van der Waals surface area contributed by atoms with Crippen molar-refractivity contribution in [2.45, 2.75) is 32.2 Å². The summed E-state index contributed by atoms with van der Waals surface area (Å²) in [6.07, 6.45) is 5.77. The lowest BCUT2D eigenvalue weighted by Gasteiger charge is -2.05. The van der Waals surface area contributed by atoms with E-state index < -0.39 is 0 Å². The molecular weight excluding hydrogens is 262 g/mol. The molecule has 4 nitrogen and oxygen atoms in total. The molecule has 1 aromatic heterocycles. The van der Waals surface area contributed by atoms with Gasteiger partial charge in [-0.3, -0.25) is 9.48 Å². The van der Waals surface area contributed by atoms with Gasteiger partial charge in [-0.2, -0.15) is 5.10 Å². The Morgan fingerprint density at radius 1 is 1.38 bits per heavy atom. The number of aryl methyl sites for hydroxylation is 2. The van der Waals surface area contributed by atoms with Crippen LogP contribution in [0.4, 0.5) is 0 Å². The standard InChI is InChI=1S/C17H21N3O/c1-13-11-19-20(12-13)9-5-8-18-17(21)16-10-15(16)14-6-3-2-4-7-14/h2-4,6-7,11-12,15-16H,5,8-10H2,1H3,(H,18,21). The van der Waals surface area contributed by atoms with Crippen molar-refractivity contribution in [3.8, 4) is 0 Å². The zero-order chi connectivity index (χ0) is 14.7. The third-order valence-electron chi connectivity index (χ3n) is 3.98. The van der Waals surface area contributed by atoms with Gasteiger partial charge in [-0.25, -0.2) is 0 Å². The van der Waals surface area contributed by atoms with Crippen LogP contribution in [0.15, 0.2) is 42.7 Å². The van der Waals surface area contributed by atoms with Crippen LogP contribution < -0.4 is 5.32 Å². The van der Waals surface area contributed by atoms with E-state index in [9.17, 15) is 4.79 Å². The van der Waals surface area contributed by atoms with E-state index in [0.717, 1.165) is 25.9 Å². The van der Waals surface area contributed by atoms with Gasteiger partial charge in [-0.05, 0) is 36.8 Å². The van der Waals surface area contributed by atoms with Crippen molar-refractivity contribution < 1.29 is 4.79 Å². The average molecular weight is 283 g/mol. The van der Waals surface area contributed by atoms with Crippen LogP contribution in [0, 0.1) is 12.8 Å². The van der Waals surface area contributed by atoms with Crippen LogP contribution in [0.1, 0.15) is 29.9 Å². The molecule has 0 bridgehead atoms. The largest absolute Gasteiger partial charge is 0.356 e. The fourth-order valence-corrected chi connectivity index (χ4v) is 2.73. The highest BCUT2D eigenvalue weighted by atomic mass is 16.2. The van der Waals surface area contributed by atoms with Crippen molar-refractivity contribution in [3.05, 3.63) is 53.9 Å². The maximum Gasteiger partial charge on any atom is 0.223 e. The summed E-state index contributed by atoms with van der Waals surface area (Å²) in [5.41, 5.74) is 2.45. The maximum absolute atomic E-state index is 12.1. The molecule has 1 fully saturated rings. The molecule has 4 heteroatoms. The Kier molecular flexibility index (Phi) is 4.04. The molecule has 1 amide bonds. The number of carbonyl (C=O) groups excluding carboxylic acids is 1. The number of nitrogens with one attached hydrogen (secondary N) is 1. The van der Waals surface area contributed by atoms with Crippen LogP contribution in [-0.2, 0) is 11.3 Å². The Labute approximate surface area is 125 Å². The van der Waals surface area contributed by atoms with Gasteiger partial charge < -0.3 is 5.32 Å². The minimum absolute atomic E-state index is 0.166. The van der Waals surface area contributed by atoms with Gasteiger partial charge in [0.2, 0.25) is 5.91 Å². The van der Waals surface area contributed by atoms with Crippen LogP contribution >= 0.6 is 0 Å². The molecule has 2 atom stereocenters. The predicted molar refractivity (Wildman–Crippen MR) is 81.9 cm³/mol. The molecule has 2 aromatic rings. The topological polar surface area (TPSA) is 46.9 Å². The van der Waals surface area contributed by atoms with Crippen molar-refractivity contribution in [3.63, 3.8) is 0 Å². The van der Waals surface area contributed by atoms with Crippen LogP contribution in [0.5, 0.6) is 0 Å². The second-order valence-electron chi connectivity index (χ2n) is 5.78. The summed E-state index contributed by atoms with van der Waals surface area (Å²) >= 11 is 0. The van der Waals surface area contributed by atoms with Crippen molar-refractivity contribution in [2.75, 3.05) is 6.54 Å². The summed E-state index contributed by atoms with van der Waals surface area (Å²) in [5.74, 6) is 0.778. The van der Waals surface area contributed by atoms with E-state index in [1.165, 1.54) is 11.1 Å². The first-order valence-electron chi connectivity index (χ1n) is 7.56. The summed E-state index contributed by atoms with van der Waals surface area (Å²) < 4.78 is 1.92. The number of hydrogen-bond acceptors (Lipinski definition) is 2. The van der Waals surface area contributed by atoms with Gasteiger partial charge in [0, 0.05) is 25.2 Å². The fourth-order valence-electron chi connectivity index (χ4n) is 2.73. The lowest BCUT2D eigenvalue weighted by Crippen LogP contribution is -2.27. The fraction of sp³-hybridized carbons (Fsp3) is 0.412. The Bertz CT molecular complexity index is 606. The van der Waals surface area contributed by atoms with E-state index in [0.29, 0.717) is 5.92 Å². The summed E-state index contributed by atoms with van der Waals surface area (Å²) in [6.45, 7) is 3.60. The summed E-state index contributed by atoms with van der Waals surface area (Å²) in [5, 5.41) is 7.28. The van der Waals surface area contributed by atoms with Crippen LogP contribution in [0.25, 0.3) is 0 Å². The minimum atomic E-state index is 0.166. The summed E-state index contributed by atoms with van der Waals surface area (Å²) in [4.78, 5) is 12.1. The van der Waals surface area contributed by atoms with Crippen LogP contribution in [0.2, 0.25) is 0 Å². The zero-order valence-corrected chi connectivity index (χ0v) is 12.3. The van der Waals surface area contributed by atoms with E-state index in [-0.39, 0.29) is 11.8 Å². The molecule has 2 unspecified atom stereocenters. The third kappa shape index (κ3) is 3.51. The smallest absolute Gasteiger partial charge is 0.223 e. The molecule has 1 heterocycles. The average Bonchev–Trinajstić information content (AvgIpc) is 3.21. The van der Waals surface area contributed by atoms with Crippen molar-refractivity contribution in [1.82, 2.24) is 15.1 Å². The Balaban J connectivity index is 1.38. The molecule has 1 aromatic carbocycles. The minimum Gasteiger partial charge on any atom is -0.356 e. The van der Waals surface area contributed by atoms with Crippen molar-refractivity contribution in [1.29, 1.82) is 0 Å². The molecule has 0 aliphatic heterocycles. The molecule has 0 radical (unpaired) electrons. The highest BCUT2D eigenvalue weighted by molar-refractivity contribution is 5.82. The SMILES string of the molecule is Cc1cnn(CCCNC(=O)C2CC2c2ccccc2)c1. The highest BCUT2D eigenvalue weighted by Crippen LogP contribution is 2.47. The van der Waals surface area contributed by atoms with E-state index in [1.54, 1.807) is 0 Å². The molecule has 1 N–H and O–H groups in total. The van der Waals surface area contributed by atoms with E-state index in [4.69, 9.17) is 0 Å². The number of amides is 1. The molecular formula is C17H21N3O. The van der Waals surface area contributed by atoms with Gasteiger partial charge in [0.05, 0.1) is 6.20 Å². The van der Waals surface area contributed by atoms with E-state index in [2.05, 4.69) is 22.5 Å². The molecule has 1 aliphatic rings. The first-order valence-corrected chi connectivity index (χ1v) is 7.56. The lowest BCUT2D eigenvalue weighted by atomic mass is 10.1. The van der Waals surface area contributed by atoms with Gasteiger partial charge in [-0.15, -0.1) is 0 Å². The molecule has 0 spiro atoms.